The normalized spacial score (nSPS) is 10.5. The molecule has 3 rings (SSSR count). The Balaban J connectivity index is 1.95. The van der Waals surface area contributed by atoms with Crippen LogP contribution in [0.1, 0.15) is 21.5 Å². The van der Waals surface area contributed by atoms with Gasteiger partial charge in [0, 0.05) is 10.6 Å². The van der Waals surface area contributed by atoms with Gasteiger partial charge < -0.3 is 10.4 Å². The second-order valence-electron chi connectivity index (χ2n) is 5.85. The number of rotatable bonds is 4. The number of pyridine rings is 1. The summed E-state index contributed by atoms with van der Waals surface area (Å²) in [6.45, 7) is 3.81. The molecule has 0 fully saturated rings. The van der Waals surface area contributed by atoms with Gasteiger partial charge in [0.1, 0.15) is 0 Å². The van der Waals surface area contributed by atoms with Crippen LogP contribution in [0.25, 0.3) is 11.3 Å². The van der Waals surface area contributed by atoms with Crippen molar-refractivity contribution in [2.75, 3.05) is 5.32 Å². The van der Waals surface area contributed by atoms with Crippen molar-refractivity contribution in [2.24, 2.45) is 0 Å². The quantitative estimate of drug-likeness (QED) is 0.654. The molecule has 1 heterocycles. The Labute approximate surface area is 151 Å². The van der Waals surface area contributed by atoms with Gasteiger partial charge in [0.15, 0.2) is 0 Å². The minimum Gasteiger partial charge on any atom is -0.478 e. The molecular weight excluding hydrogens is 336 g/mol. The van der Waals surface area contributed by atoms with Crippen molar-refractivity contribution in [1.29, 1.82) is 0 Å². The van der Waals surface area contributed by atoms with Gasteiger partial charge in [0.05, 0.1) is 28.8 Å². The molecule has 2 N–H and O–H groups in total. The molecule has 0 aliphatic rings. The molecule has 0 amide bonds. The average molecular weight is 353 g/mol. The zero-order chi connectivity index (χ0) is 18.0. The number of anilines is 2. The molecule has 0 saturated heterocycles. The number of benzene rings is 2. The highest BCUT2D eigenvalue weighted by Crippen LogP contribution is 2.30. The highest BCUT2D eigenvalue weighted by molar-refractivity contribution is 6.33. The van der Waals surface area contributed by atoms with Gasteiger partial charge in [-0.25, -0.2) is 4.79 Å². The Morgan fingerprint density at radius 1 is 1.12 bits per heavy atom. The highest BCUT2D eigenvalue weighted by atomic mass is 35.5. The van der Waals surface area contributed by atoms with E-state index in [1.165, 1.54) is 0 Å². The minimum atomic E-state index is -0.969. The zero-order valence-corrected chi connectivity index (χ0v) is 14.6. The molecule has 0 bridgehead atoms. The Morgan fingerprint density at radius 3 is 2.56 bits per heavy atom. The van der Waals surface area contributed by atoms with Gasteiger partial charge in [-0.05, 0) is 43.7 Å². The van der Waals surface area contributed by atoms with E-state index in [9.17, 15) is 9.90 Å². The first kappa shape index (κ1) is 17.0. The van der Waals surface area contributed by atoms with Crippen LogP contribution in [0.2, 0.25) is 5.02 Å². The summed E-state index contributed by atoms with van der Waals surface area (Å²) >= 11 is 6.25. The Bertz CT molecular complexity index is 954. The van der Waals surface area contributed by atoms with E-state index in [0.29, 0.717) is 10.7 Å². The summed E-state index contributed by atoms with van der Waals surface area (Å²) < 4.78 is 0. The molecule has 3 aromatic rings. The first-order valence-corrected chi connectivity index (χ1v) is 8.16. The van der Waals surface area contributed by atoms with Gasteiger partial charge in [-0.1, -0.05) is 41.4 Å². The van der Waals surface area contributed by atoms with Gasteiger partial charge >= 0.3 is 5.97 Å². The highest BCUT2D eigenvalue weighted by Gasteiger charge is 2.12. The molecule has 0 saturated carbocycles. The molecule has 1 aromatic heterocycles. The van der Waals surface area contributed by atoms with E-state index in [0.717, 1.165) is 28.1 Å². The molecule has 0 aliphatic heterocycles. The van der Waals surface area contributed by atoms with Crippen LogP contribution in [0.5, 0.6) is 0 Å². The maximum Gasteiger partial charge on any atom is 0.337 e. The van der Waals surface area contributed by atoms with Crippen molar-refractivity contribution < 1.29 is 9.90 Å². The summed E-state index contributed by atoms with van der Waals surface area (Å²) in [5.74, 6) is -0.969. The minimum absolute atomic E-state index is 0.229. The number of carboxylic acid groups (broad SMARTS) is 1. The van der Waals surface area contributed by atoms with Crippen molar-refractivity contribution in [1.82, 2.24) is 4.98 Å². The van der Waals surface area contributed by atoms with Crippen molar-refractivity contribution >= 4 is 28.9 Å². The van der Waals surface area contributed by atoms with Crippen LogP contribution in [0, 0.1) is 13.8 Å². The van der Waals surface area contributed by atoms with Gasteiger partial charge in [-0.2, -0.15) is 0 Å². The van der Waals surface area contributed by atoms with E-state index in [1.54, 1.807) is 18.3 Å². The van der Waals surface area contributed by atoms with E-state index in [-0.39, 0.29) is 5.56 Å². The second kappa shape index (κ2) is 6.95. The number of aromatic carboxylic acids is 1. The summed E-state index contributed by atoms with van der Waals surface area (Å²) in [6.07, 6.45) is 1.68. The third-order valence-electron chi connectivity index (χ3n) is 3.89. The lowest BCUT2D eigenvalue weighted by atomic mass is 10.1. The standard InChI is InChI=1S/C20H17ClN2O2/c1-12-7-8-18(16(9-12)20(24)25)23-14-10-13(2)19(22-11-14)15-5-3-4-6-17(15)21/h3-11,23H,1-2H3,(H,24,25). The monoisotopic (exact) mass is 352 g/mol. The fraction of sp³-hybridized carbons (Fsp3) is 0.100. The molecule has 2 aromatic carbocycles. The van der Waals surface area contributed by atoms with E-state index in [1.807, 2.05) is 50.2 Å². The molecular formula is C20H17ClN2O2. The van der Waals surface area contributed by atoms with Crippen molar-refractivity contribution in [3.63, 3.8) is 0 Å². The number of nitrogens with zero attached hydrogens (tertiary/aromatic N) is 1. The van der Waals surface area contributed by atoms with E-state index >= 15 is 0 Å². The van der Waals surface area contributed by atoms with Crippen LogP contribution in [0.15, 0.2) is 54.7 Å². The van der Waals surface area contributed by atoms with Crippen LogP contribution >= 0.6 is 11.6 Å². The molecule has 25 heavy (non-hydrogen) atoms. The Morgan fingerprint density at radius 2 is 1.88 bits per heavy atom. The first-order chi connectivity index (χ1) is 12.0. The third kappa shape index (κ3) is 3.64. The summed E-state index contributed by atoms with van der Waals surface area (Å²) in [5, 5.41) is 13.2. The van der Waals surface area contributed by atoms with Crippen LogP contribution in [-0.4, -0.2) is 16.1 Å². The third-order valence-corrected chi connectivity index (χ3v) is 4.22. The summed E-state index contributed by atoms with van der Waals surface area (Å²) in [6, 6.07) is 14.7. The molecule has 4 nitrogen and oxygen atoms in total. The molecule has 0 radical (unpaired) electrons. The number of nitrogens with one attached hydrogen (secondary N) is 1. The Kier molecular flexibility index (Phi) is 4.72. The van der Waals surface area contributed by atoms with Gasteiger partial charge in [0.25, 0.3) is 0 Å². The van der Waals surface area contributed by atoms with Gasteiger partial charge in [-0.15, -0.1) is 0 Å². The lowest BCUT2D eigenvalue weighted by molar-refractivity contribution is 0.0698. The largest absolute Gasteiger partial charge is 0.478 e. The predicted octanol–water partition coefficient (Wildman–Crippen LogP) is 5.46. The van der Waals surface area contributed by atoms with Crippen molar-refractivity contribution in [3.8, 4) is 11.3 Å². The second-order valence-corrected chi connectivity index (χ2v) is 6.26. The van der Waals surface area contributed by atoms with Crippen LogP contribution in [0.4, 0.5) is 11.4 Å². The Hall–Kier alpha value is -2.85. The summed E-state index contributed by atoms with van der Waals surface area (Å²) in [7, 11) is 0. The number of hydrogen-bond acceptors (Lipinski definition) is 3. The topological polar surface area (TPSA) is 62.2 Å². The van der Waals surface area contributed by atoms with Crippen molar-refractivity contribution in [2.45, 2.75) is 13.8 Å². The van der Waals surface area contributed by atoms with E-state index in [2.05, 4.69) is 10.3 Å². The maximum absolute atomic E-state index is 11.4. The zero-order valence-electron chi connectivity index (χ0n) is 13.9. The molecule has 0 atom stereocenters. The van der Waals surface area contributed by atoms with Gasteiger partial charge in [-0.3, -0.25) is 4.98 Å². The number of halogens is 1. The molecule has 5 heteroatoms. The number of carboxylic acids is 1. The summed E-state index contributed by atoms with van der Waals surface area (Å²) in [4.78, 5) is 15.9. The number of aromatic nitrogens is 1. The van der Waals surface area contributed by atoms with Crippen LogP contribution in [-0.2, 0) is 0 Å². The van der Waals surface area contributed by atoms with E-state index < -0.39 is 5.97 Å². The number of hydrogen-bond donors (Lipinski definition) is 2. The lowest BCUT2D eigenvalue weighted by Crippen LogP contribution is -2.04. The fourth-order valence-electron chi connectivity index (χ4n) is 2.68. The predicted molar refractivity (Wildman–Crippen MR) is 101 cm³/mol. The molecule has 0 unspecified atom stereocenters. The maximum atomic E-state index is 11.4. The SMILES string of the molecule is Cc1ccc(Nc2cnc(-c3ccccc3Cl)c(C)c2)c(C(=O)O)c1. The average Bonchev–Trinajstić information content (AvgIpc) is 2.57. The lowest BCUT2D eigenvalue weighted by Gasteiger charge is -2.13. The smallest absolute Gasteiger partial charge is 0.337 e. The fourth-order valence-corrected chi connectivity index (χ4v) is 2.90. The summed E-state index contributed by atoms with van der Waals surface area (Å²) in [5.41, 5.74) is 5.00. The van der Waals surface area contributed by atoms with Crippen LogP contribution < -0.4 is 5.32 Å². The number of carbonyl (C=O) groups is 1. The van der Waals surface area contributed by atoms with Gasteiger partial charge in [0.2, 0.25) is 0 Å². The number of aryl methyl sites for hydroxylation is 2. The van der Waals surface area contributed by atoms with E-state index in [4.69, 9.17) is 11.6 Å². The molecule has 126 valence electrons. The van der Waals surface area contributed by atoms with Crippen LogP contribution in [0.3, 0.4) is 0 Å². The molecule has 0 aliphatic carbocycles. The molecule has 0 spiro atoms. The van der Waals surface area contributed by atoms with Crippen molar-refractivity contribution in [3.05, 3.63) is 76.4 Å². The first-order valence-electron chi connectivity index (χ1n) is 7.78.